The maximum atomic E-state index is 4.44. The van der Waals surface area contributed by atoms with Crippen molar-refractivity contribution in [1.82, 2.24) is 9.88 Å². The van der Waals surface area contributed by atoms with E-state index in [0.29, 0.717) is 5.54 Å². The SMILES string of the molecule is Cc1cnc(NCC2(N3CCSCC3)CCCC2)s1. The van der Waals surface area contributed by atoms with Crippen molar-refractivity contribution >= 4 is 28.2 Å². The van der Waals surface area contributed by atoms with Crippen molar-refractivity contribution < 1.29 is 0 Å². The maximum Gasteiger partial charge on any atom is 0.182 e. The van der Waals surface area contributed by atoms with Crippen LogP contribution in [0.15, 0.2) is 6.20 Å². The van der Waals surface area contributed by atoms with E-state index in [1.54, 1.807) is 11.3 Å². The van der Waals surface area contributed by atoms with Crippen molar-refractivity contribution in [3.63, 3.8) is 0 Å². The number of thiazole rings is 1. The summed E-state index contributed by atoms with van der Waals surface area (Å²) in [5.41, 5.74) is 0.403. The summed E-state index contributed by atoms with van der Waals surface area (Å²) in [7, 11) is 0. The van der Waals surface area contributed by atoms with Gasteiger partial charge in [-0.3, -0.25) is 4.90 Å². The van der Waals surface area contributed by atoms with Gasteiger partial charge >= 0.3 is 0 Å². The van der Waals surface area contributed by atoms with E-state index in [1.165, 1.54) is 55.2 Å². The quantitative estimate of drug-likeness (QED) is 0.923. The normalized spacial score (nSPS) is 23.6. The Kier molecular flexibility index (Phi) is 4.34. The van der Waals surface area contributed by atoms with Crippen LogP contribution >= 0.6 is 23.1 Å². The molecule has 1 N–H and O–H groups in total. The fourth-order valence-corrected chi connectivity index (χ4v) is 4.92. The molecule has 0 aromatic carbocycles. The summed E-state index contributed by atoms with van der Waals surface area (Å²) < 4.78 is 0. The standard InChI is InChI=1S/C14H23N3S2/c1-12-10-15-13(19-12)16-11-14(4-2-3-5-14)17-6-8-18-9-7-17/h10H,2-9,11H2,1H3,(H,15,16). The van der Waals surface area contributed by atoms with Crippen LogP contribution < -0.4 is 5.32 Å². The van der Waals surface area contributed by atoms with Gasteiger partial charge in [0.15, 0.2) is 5.13 Å². The van der Waals surface area contributed by atoms with Crippen LogP contribution in [0.4, 0.5) is 5.13 Å². The zero-order valence-corrected chi connectivity index (χ0v) is 13.3. The molecule has 0 amide bonds. The second-order valence-electron chi connectivity index (χ2n) is 5.66. The van der Waals surface area contributed by atoms with Gasteiger partial charge in [0.25, 0.3) is 0 Å². The number of hydrogen-bond acceptors (Lipinski definition) is 5. The van der Waals surface area contributed by atoms with Crippen molar-refractivity contribution in [1.29, 1.82) is 0 Å². The highest BCUT2D eigenvalue weighted by molar-refractivity contribution is 7.99. The summed E-state index contributed by atoms with van der Waals surface area (Å²) >= 11 is 3.87. The van der Waals surface area contributed by atoms with Crippen molar-refractivity contribution in [3.8, 4) is 0 Å². The summed E-state index contributed by atoms with van der Waals surface area (Å²) in [6, 6.07) is 0. The monoisotopic (exact) mass is 297 g/mol. The number of aromatic nitrogens is 1. The molecule has 1 aliphatic carbocycles. The lowest BCUT2D eigenvalue weighted by molar-refractivity contribution is 0.116. The molecule has 2 heterocycles. The van der Waals surface area contributed by atoms with Gasteiger partial charge < -0.3 is 5.32 Å². The van der Waals surface area contributed by atoms with E-state index >= 15 is 0 Å². The predicted octanol–water partition coefficient (Wildman–Crippen LogP) is 3.23. The molecule has 3 rings (SSSR count). The molecular weight excluding hydrogens is 274 g/mol. The summed E-state index contributed by atoms with van der Waals surface area (Å²) in [5, 5.41) is 4.70. The summed E-state index contributed by atoms with van der Waals surface area (Å²) in [6.45, 7) is 5.73. The maximum absolute atomic E-state index is 4.44. The van der Waals surface area contributed by atoms with Gasteiger partial charge in [0.05, 0.1) is 0 Å². The van der Waals surface area contributed by atoms with Crippen molar-refractivity contribution in [2.75, 3.05) is 36.5 Å². The molecule has 19 heavy (non-hydrogen) atoms. The zero-order chi connectivity index (χ0) is 13.1. The van der Waals surface area contributed by atoms with E-state index in [2.05, 4.69) is 33.9 Å². The van der Waals surface area contributed by atoms with E-state index in [9.17, 15) is 0 Å². The van der Waals surface area contributed by atoms with Crippen molar-refractivity contribution in [2.24, 2.45) is 0 Å². The molecule has 5 heteroatoms. The molecule has 0 bridgehead atoms. The first-order chi connectivity index (χ1) is 9.28. The second kappa shape index (κ2) is 6.02. The number of rotatable bonds is 4. The molecule has 0 spiro atoms. The molecule has 1 saturated heterocycles. The fraction of sp³-hybridized carbons (Fsp3) is 0.786. The molecule has 0 unspecified atom stereocenters. The highest BCUT2D eigenvalue weighted by Gasteiger charge is 2.39. The van der Waals surface area contributed by atoms with E-state index < -0.39 is 0 Å². The van der Waals surface area contributed by atoms with Gasteiger partial charge in [-0.05, 0) is 19.8 Å². The van der Waals surface area contributed by atoms with Crippen molar-refractivity contribution in [3.05, 3.63) is 11.1 Å². The van der Waals surface area contributed by atoms with Crippen LogP contribution in [-0.2, 0) is 0 Å². The minimum Gasteiger partial charge on any atom is -0.360 e. The topological polar surface area (TPSA) is 28.2 Å². The van der Waals surface area contributed by atoms with Crippen LogP contribution in [0.3, 0.4) is 0 Å². The van der Waals surface area contributed by atoms with Gasteiger partial charge in [-0.1, -0.05) is 12.8 Å². The van der Waals surface area contributed by atoms with Crippen LogP contribution in [0.5, 0.6) is 0 Å². The Balaban J connectivity index is 1.66. The number of thioether (sulfide) groups is 1. The molecular formula is C14H23N3S2. The average molecular weight is 297 g/mol. The molecule has 0 atom stereocenters. The third-order valence-corrected chi connectivity index (χ3v) is 6.22. The van der Waals surface area contributed by atoms with E-state index in [4.69, 9.17) is 0 Å². The van der Waals surface area contributed by atoms with E-state index in [0.717, 1.165) is 11.7 Å². The lowest BCUT2D eigenvalue weighted by Crippen LogP contribution is -2.54. The zero-order valence-electron chi connectivity index (χ0n) is 11.7. The highest BCUT2D eigenvalue weighted by Crippen LogP contribution is 2.37. The largest absolute Gasteiger partial charge is 0.360 e. The Bertz CT molecular complexity index is 407. The molecule has 0 radical (unpaired) electrons. The van der Waals surface area contributed by atoms with Crippen LogP contribution in [0.1, 0.15) is 30.6 Å². The van der Waals surface area contributed by atoms with Crippen LogP contribution in [0.2, 0.25) is 0 Å². The minimum absolute atomic E-state index is 0.403. The Morgan fingerprint density at radius 3 is 2.68 bits per heavy atom. The second-order valence-corrected chi connectivity index (χ2v) is 8.12. The van der Waals surface area contributed by atoms with E-state index in [-0.39, 0.29) is 0 Å². The Morgan fingerprint density at radius 2 is 2.05 bits per heavy atom. The molecule has 1 aromatic heterocycles. The number of aryl methyl sites for hydroxylation is 1. The van der Waals surface area contributed by atoms with Gasteiger partial charge in [0.2, 0.25) is 0 Å². The Labute approximate surface area is 124 Å². The Hall–Kier alpha value is -0.260. The first kappa shape index (κ1) is 13.7. The highest BCUT2D eigenvalue weighted by atomic mass is 32.2. The molecule has 3 nitrogen and oxygen atoms in total. The fourth-order valence-electron chi connectivity index (χ4n) is 3.35. The summed E-state index contributed by atoms with van der Waals surface area (Å²) in [6.07, 6.45) is 7.46. The number of anilines is 1. The van der Waals surface area contributed by atoms with E-state index in [1.807, 2.05) is 6.20 Å². The third kappa shape index (κ3) is 3.09. The minimum atomic E-state index is 0.403. The molecule has 1 aromatic rings. The molecule has 2 aliphatic rings. The van der Waals surface area contributed by atoms with Gasteiger partial charge in [-0.2, -0.15) is 11.8 Å². The number of nitrogens with one attached hydrogen (secondary N) is 1. The van der Waals surface area contributed by atoms with Crippen LogP contribution in [0, 0.1) is 6.92 Å². The molecule has 1 aliphatic heterocycles. The predicted molar refractivity (Wildman–Crippen MR) is 85.4 cm³/mol. The number of nitrogens with zero attached hydrogens (tertiary/aromatic N) is 2. The summed E-state index contributed by atoms with van der Waals surface area (Å²) in [4.78, 5) is 8.48. The van der Waals surface area contributed by atoms with Gasteiger partial charge in [0, 0.05) is 47.8 Å². The van der Waals surface area contributed by atoms with Gasteiger partial charge in [-0.25, -0.2) is 4.98 Å². The van der Waals surface area contributed by atoms with Gasteiger partial charge in [0.1, 0.15) is 0 Å². The molecule has 2 fully saturated rings. The van der Waals surface area contributed by atoms with Crippen molar-refractivity contribution in [2.45, 2.75) is 38.1 Å². The number of hydrogen-bond donors (Lipinski definition) is 1. The van der Waals surface area contributed by atoms with Crippen LogP contribution in [-0.4, -0.2) is 46.6 Å². The van der Waals surface area contributed by atoms with Gasteiger partial charge in [-0.15, -0.1) is 11.3 Å². The molecule has 106 valence electrons. The van der Waals surface area contributed by atoms with Crippen LogP contribution in [0.25, 0.3) is 0 Å². The Morgan fingerprint density at radius 1 is 1.32 bits per heavy atom. The molecule has 1 saturated carbocycles. The summed E-state index contributed by atoms with van der Waals surface area (Å²) in [5.74, 6) is 2.61. The lowest BCUT2D eigenvalue weighted by Gasteiger charge is -2.43. The lowest BCUT2D eigenvalue weighted by atomic mass is 9.94. The third-order valence-electron chi connectivity index (χ3n) is 4.41. The average Bonchev–Trinajstić information content (AvgIpc) is 3.07. The smallest absolute Gasteiger partial charge is 0.182 e. The first-order valence-electron chi connectivity index (χ1n) is 7.28. The first-order valence-corrected chi connectivity index (χ1v) is 9.25.